The molecule has 1 aliphatic heterocycles. The van der Waals surface area contributed by atoms with Gasteiger partial charge < -0.3 is 14.8 Å². The van der Waals surface area contributed by atoms with Gasteiger partial charge in [-0.05, 0) is 32.0 Å². The average Bonchev–Trinajstić information content (AvgIpc) is 2.75. The standard InChI is InChI=1S/C17H21N3O3/c1-11(2)18-17(21)13-10-20(3)19-16(13)12-5-6-14-15(9-12)23-8-4-7-22-14/h5-6,9-11H,4,7-8H2,1-3H3,(H,18,21). The Bertz CT molecular complexity index is 722. The molecule has 23 heavy (non-hydrogen) atoms. The van der Waals surface area contributed by atoms with Crippen molar-refractivity contribution < 1.29 is 14.3 Å². The van der Waals surface area contributed by atoms with Crippen LogP contribution >= 0.6 is 0 Å². The van der Waals surface area contributed by atoms with Crippen LogP contribution in [0, 0.1) is 0 Å². The molecule has 2 aromatic rings. The molecule has 0 atom stereocenters. The number of fused-ring (bicyclic) bond motifs is 1. The van der Waals surface area contributed by atoms with Crippen molar-refractivity contribution in [1.29, 1.82) is 0 Å². The number of nitrogens with one attached hydrogen (secondary N) is 1. The first-order valence-corrected chi connectivity index (χ1v) is 7.79. The van der Waals surface area contributed by atoms with Gasteiger partial charge in [0.15, 0.2) is 11.5 Å². The summed E-state index contributed by atoms with van der Waals surface area (Å²) in [5.41, 5.74) is 2.03. The number of nitrogens with zero attached hydrogens (tertiary/aromatic N) is 2. The number of aromatic nitrogens is 2. The lowest BCUT2D eigenvalue weighted by Gasteiger charge is -2.10. The Labute approximate surface area is 135 Å². The zero-order valence-electron chi connectivity index (χ0n) is 13.6. The van der Waals surface area contributed by atoms with Crippen molar-refractivity contribution in [2.45, 2.75) is 26.3 Å². The molecule has 6 heteroatoms. The normalized spacial score (nSPS) is 13.7. The van der Waals surface area contributed by atoms with Gasteiger partial charge in [-0.25, -0.2) is 0 Å². The number of aryl methyl sites for hydroxylation is 1. The molecule has 1 N–H and O–H groups in total. The van der Waals surface area contributed by atoms with Crippen LogP contribution in [0.3, 0.4) is 0 Å². The van der Waals surface area contributed by atoms with Gasteiger partial charge in [0.2, 0.25) is 0 Å². The summed E-state index contributed by atoms with van der Waals surface area (Å²) >= 11 is 0. The second-order valence-electron chi connectivity index (χ2n) is 5.91. The van der Waals surface area contributed by atoms with Crippen LogP contribution in [-0.4, -0.2) is 34.9 Å². The highest BCUT2D eigenvalue weighted by atomic mass is 16.5. The average molecular weight is 315 g/mol. The van der Waals surface area contributed by atoms with Crippen molar-refractivity contribution in [2.24, 2.45) is 7.05 Å². The Morgan fingerprint density at radius 3 is 2.74 bits per heavy atom. The summed E-state index contributed by atoms with van der Waals surface area (Å²) in [4.78, 5) is 12.4. The molecule has 0 unspecified atom stereocenters. The number of benzene rings is 1. The van der Waals surface area contributed by atoms with Crippen LogP contribution in [0.1, 0.15) is 30.6 Å². The third-order valence-corrected chi connectivity index (χ3v) is 3.51. The molecule has 1 amide bonds. The molecule has 3 rings (SSSR count). The van der Waals surface area contributed by atoms with Gasteiger partial charge in [-0.3, -0.25) is 9.48 Å². The molecule has 0 fully saturated rings. The Hall–Kier alpha value is -2.50. The van der Waals surface area contributed by atoms with Gasteiger partial charge in [0.05, 0.1) is 18.8 Å². The monoisotopic (exact) mass is 315 g/mol. The minimum atomic E-state index is -0.129. The largest absolute Gasteiger partial charge is 0.490 e. The van der Waals surface area contributed by atoms with Crippen LogP contribution in [0.4, 0.5) is 0 Å². The van der Waals surface area contributed by atoms with E-state index >= 15 is 0 Å². The molecule has 1 aromatic carbocycles. The van der Waals surface area contributed by atoms with Crippen molar-refractivity contribution in [3.05, 3.63) is 30.0 Å². The van der Waals surface area contributed by atoms with E-state index in [1.54, 1.807) is 17.9 Å². The highest BCUT2D eigenvalue weighted by molar-refractivity contribution is 6.00. The lowest BCUT2D eigenvalue weighted by molar-refractivity contribution is 0.0943. The topological polar surface area (TPSA) is 65.4 Å². The highest BCUT2D eigenvalue weighted by Gasteiger charge is 2.20. The van der Waals surface area contributed by atoms with Crippen LogP contribution in [0.5, 0.6) is 11.5 Å². The molecule has 1 aromatic heterocycles. The molecule has 122 valence electrons. The van der Waals surface area contributed by atoms with Gasteiger partial charge in [-0.2, -0.15) is 5.10 Å². The molecule has 2 heterocycles. The van der Waals surface area contributed by atoms with Crippen molar-refractivity contribution in [1.82, 2.24) is 15.1 Å². The molecule has 0 bridgehead atoms. The maximum atomic E-state index is 12.4. The fraction of sp³-hybridized carbons (Fsp3) is 0.412. The van der Waals surface area contributed by atoms with E-state index in [0.717, 1.165) is 17.7 Å². The predicted molar refractivity (Wildman–Crippen MR) is 86.9 cm³/mol. The van der Waals surface area contributed by atoms with E-state index in [2.05, 4.69) is 10.4 Å². The fourth-order valence-corrected chi connectivity index (χ4v) is 2.52. The quantitative estimate of drug-likeness (QED) is 0.944. The van der Waals surface area contributed by atoms with Crippen LogP contribution in [0.15, 0.2) is 24.4 Å². The number of rotatable bonds is 3. The first-order valence-electron chi connectivity index (χ1n) is 7.79. The molecule has 6 nitrogen and oxygen atoms in total. The minimum absolute atomic E-state index is 0.0688. The van der Waals surface area contributed by atoms with Gasteiger partial charge >= 0.3 is 0 Å². The number of ether oxygens (including phenoxy) is 2. The third-order valence-electron chi connectivity index (χ3n) is 3.51. The molecule has 0 spiro atoms. The summed E-state index contributed by atoms with van der Waals surface area (Å²) in [7, 11) is 1.80. The molecular weight excluding hydrogens is 294 g/mol. The fourth-order valence-electron chi connectivity index (χ4n) is 2.52. The molecule has 0 saturated heterocycles. The Balaban J connectivity index is 1.99. The lowest BCUT2D eigenvalue weighted by Crippen LogP contribution is -2.30. The second kappa shape index (κ2) is 6.32. The summed E-state index contributed by atoms with van der Waals surface area (Å²) in [6.45, 7) is 5.14. The summed E-state index contributed by atoms with van der Waals surface area (Å²) in [6.07, 6.45) is 2.59. The van der Waals surface area contributed by atoms with E-state index in [4.69, 9.17) is 9.47 Å². The molecular formula is C17H21N3O3. The zero-order chi connectivity index (χ0) is 16.4. The van der Waals surface area contributed by atoms with Crippen molar-refractivity contribution in [3.8, 4) is 22.8 Å². The van der Waals surface area contributed by atoms with Gasteiger partial charge in [0.25, 0.3) is 5.91 Å². The number of amides is 1. The summed E-state index contributed by atoms with van der Waals surface area (Å²) < 4.78 is 13.0. The van der Waals surface area contributed by atoms with E-state index in [1.165, 1.54) is 0 Å². The van der Waals surface area contributed by atoms with E-state index in [1.807, 2.05) is 32.0 Å². The van der Waals surface area contributed by atoms with E-state index in [-0.39, 0.29) is 11.9 Å². The zero-order valence-corrected chi connectivity index (χ0v) is 13.6. The van der Waals surface area contributed by atoms with Crippen LogP contribution in [0.25, 0.3) is 11.3 Å². The summed E-state index contributed by atoms with van der Waals surface area (Å²) in [6, 6.07) is 5.73. The lowest BCUT2D eigenvalue weighted by atomic mass is 10.1. The smallest absolute Gasteiger partial charge is 0.255 e. The molecule has 0 saturated carbocycles. The van der Waals surface area contributed by atoms with Crippen molar-refractivity contribution in [3.63, 3.8) is 0 Å². The number of hydrogen-bond donors (Lipinski definition) is 1. The van der Waals surface area contributed by atoms with E-state index in [9.17, 15) is 4.79 Å². The summed E-state index contributed by atoms with van der Waals surface area (Å²) in [5, 5.41) is 7.35. The molecule has 1 aliphatic rings. The Morgan fingerprint density at radius 1 is 1.26 bits per heavy atom. The number of carbonyl (C=O) groups excluding carboxylic acids is 1. The second-order valence-corrected chi connectivity index (χ2v) is 5.91. The van der Waals surface area contributed by atoms with Crippen molar-refractivity contribution in [2.75, 3.05) is 13.2 Å². The summed E-state index contributed by atoms with van der Waals surface area (Å²) in [5.74, 6) is 1.30. The van der Waals surface area contributed by atoms with Crippen LogP contribution < -0.4 is 14.8 Å². The third kappa shape index (κ3) is 3.31. The van der Waals surface area contributed by atoms with Crippen LogP contribution in [-0.2, 0) is 7.05 Å². The Kier molecular flexibility index (Phi) is 4.23. The number of carbonyl (C=O) groups is 1. The van der Waals surface area contributed by atoms with Gasteiger partial charge in [-0.1, -0.05) is 0 Å². The maximum absolute atomic E-state index is 12.4. The van der Waals surface area contributed by atoms with Gasteiger partial charge in [0, 0.05) is 31.3 Å². The first kappa shape index (κ1) is 15.4. The molecule has 0 aliphatic carbocycles. The van der Waals surface area contributed by atoms with Crippen LogP contribution in [0.2, 0.25) is 0 Å². The van der Waals surface area contributed by atoms with Gasteiger partial charge in [-0.15, -0.1) is 0 Å². The van der Waals surface area contributed by atoms with Crippen molar-refractivity contribution >= 4 is 5.91 Å². The first-order chi connectivity index (χ1) is 11.0. The van der Waals surface area contributed by atoms with Gasteiger partial charge in [0.1, 0.15) is 5.69 Å². The SMILES string of the molecule is CC(C)NC(=O)c1cn(C)nc1-c1ccc2c(c1)OCCCO2. The highest BCUT2D eigenvalue weighted by Crippen LogP contribution is 2.34. The Morgan fingerprint density at radius 2 is 2.00 bits per heavy atom. The minimum Gasteiger partial charge on any atom is -0.490 e. The molecule has 0 radical (unpaired) electrons. The van der Waals surface area contributed by atoms with E-state index < -0.39 is 0 Å². The van der Waals surface area contributed by atoms with E-state index in [0.29, 0.717) is 30.2 Å². The maximum Gasteiger partial charge on any atom is 0.255 e. The predicted octanol–water partition coefficient (Wildman–Crippen LogP) is 2.39. The number of hydrogen-bond acceptors (Lipinski definition) is 4.